The molecule has 0 saturated carbocycles. The highest BCUT2D eigenvalue weighted by Crippen LogP contribution is 2.28. The van der Waals surface area contributed by atoms with Crippen LogP contribution in [0.25, 0.3) is 11.5 Å². The lowest BCUT2D eigenvalue weighted by Crippen LogP contribution is -2.46. The van der Waals surface area contributed by atoms with E-state index in [2.05, 4.69) is 5.32 Å². The largest absolute Gasteiger partial charge is 0.339 e. The predicted octanol–water partition coefficient (Wildman–Crippen LogP) is 3.86. The van der Waals surface area contributed by atoms with Crippen molar-refractivity contribution in [1.82, 2.24) is 9.06 Å². The summed E-state index contributed by atoms with van der Waals surface area (Å²) >= 11 is 13.1. The third kappa shape index (κ3) is 2.93. The van der Waals surface area contributed by atoms with Gasteiger partial charge in [0.25, 0.3) is 0 Å². The van der Waals surface area contributed by atoms with Crippen molar-refractivity contribution in [2.75, 3.05) is 5.32 Å². The van der Waals surface area contributed by atoms with E-state index in [1.165, 1.54) is 9.06 Å². The van der Waals surface area contributed by atoms with E-state index in [1.54, 1.807) is 0 Å². The Labute approximate surface area is 156 Å². The Balaban J connectivity index is 1.99. The number of hydrogen-bond acceptors (Lipinski definition) is 3. The molecule has 5 heteroatoms. The number of fused-ring (bicyclic) bond motifs is 1. The third-order valence-corrected chi connectivity index (χ3v) is 4.76. The Morgan fingerprint density at radius 1 is 0.600 bits per heavy atom. The van der Waals surface area contributed by atoms with E-state index in [-0.39, 0.29) is 0 Å². The number of nitrogens with one attached hydrogen (secondary N) is 1. The molecule has 4 rings (SSSR count). The van der Waals surface area contributed by atoms with E-state index in [0.717, 1.165) is 27.4 Å². The van der Waals surface area contributed by atoms with E-state index < -0.39 is 0 Å². The van der Waals surface area contributed by atoms with Crippen molar-refractivity contribution in [1.29, 1.82) is 0 Å². The van der Waals surface area contributed by atoms with Gasteiger partial charge >= 0.3 is 0 Å². The van der Waals surface area contributed by atoms with Gasteiger partial charge in [0.2, 0.25) is 0 Å². The molecule has 0 saturated heterocycles. The zero-order valence-corrected chi connectivity index (χ0v) is 14.7. The van der Waals surface area contributed by atoms with Crippen LogP contribution in [-0.2, 0) is 0 Å². The fourth-order valence-corrected chi connectivity index (χ4v) is 3.37. The predicted molar refractivity (Wildman–Crippen MR) is 104 cm³/mol. The number of benzene rings is 3. The van der Waals surface area contributed by atoms with Crippen LogP contribution in [0.4, 0.5) is 5.69 Å². The third-order valence-electron chi connectivity index (χ3n) is 4.04. The van der Waals surface area contributed by atoms with Gasteiger partial charge in [0, 0.05) is 45.2 Å². The molecule has 3 aromatic rings. The molecule has 1 N–H and O–H groups in total. The molecular formula is C20H15Cl2N3. The monoisotopic (exact) mass is 367 g/mol. The molecule has 1 aliphatic heterocycles. The molecule has 0 unspecified atom stereocenters. The molecule has 3 aromatic carbocycles. The van der Waals surface area contributed by atoms with Crippen LogP contribution >= 0.6 is 23.6 Å². The number of anilines is 1. The number of hydrogen-bond donors (Lipinski definition) is 1. The molecule has 1 heterocycles. The van der Waals surface area contributed by atoms with Gasteiger partial charge in [0.05, 0.1) is 5.70 Å². The molecule has 25 heavy (non-hydrogen) atoms. The van der Waals surface area contributed by atoms with E-state index in [4.69, 9.17) is 23.6 Å². The highest BCUT2D eigenvalue weighted by Gasteiger charge is 2.25. The Morgan fingerprint density at radius 3 is 1.84 bits per heavy atom. The summed E-state index contributed by atoms with van der Waals surface area (Å²) in [6.07, 6.45) is 0. The highest BCUT2D eigenvalue weighted by molar-refractivity contribution is 6.24. The van der Waals surface area contributed by atoms with E-state index in [0.29, 0.717) is 5.82 Å². The molecule has 0 aromatic heterocycles. The molecule has 0 atom stereocenters. The van der Waals surface area contributed by atoms with Crippen LogP contribution < -0.4 is 15.8 Å². The lowest BCUT2D eigenvalue weighted by Gasteiger charge is -2.33. The lowest BCUT2D eigenvalue weighted by atomic mass is 10.1. The fraction of sp³-hybridized carbons (Fsp3) is 0. The van der Waals surface area contributed by atoms with Crippen LogP contribution in [0.3, 0.4) is 0 Å². The summed E-state index contributed by atoms with van der Waals surface area (Å²) in [6.45, 7) is 0. The second-order valence-corrected chi connectivity index (χ2v) is 6.26. The van der Waals surface area contributed by atoms with Crippen LogP contribution in [-0.4, -0.2) is 9.06 Å². The smallest absolute Gasteiger partial charge is 0.152 e. The van der Waals surface area contributed by atoms with Crippen LogP contribution in [0.1, 0.15) is 5.56 Å². The van der Waals surface area contributed by atoms with Crippen LogP contribution in [0, 0.1) is 0 Å². The summed E-state index contributed by atoms with van der Waals surface area (Å²) in [4.78, 5) is 0. The van der Waals surface area contributed by atoms with Crippen molar-refractivity contribution in [3.8, 4) is 0 Å². The first kappa shape index (κ1) is 15.9. The molecule has 0 aliphatic carbocycles. The zero-order valence-electron chi connectivity index (χ0n) is 13.2. The van der Waals surface area contributed by atoms with E-state index >= 15 is 0 Å². The molecule has 0 spiro atoms. The second-order valence-electron chi connectivity index (χ2n) is 5.62. The summed E-state index contributed by atoms with van der Waals surface area (Å²) in [5.74, 6) is 0.707. The minimum Gasteiger partial charge on any atom is -0.339 e. The summed E-state index contributed by atoms with van der Waals surface area (Å²) in [5, 5.41) is 5.36. The van der Waals surface area contributed by atoms with Crippen molar-refractivity contribution < 1.29 is 0 Å². The maximum atomic E-state index is 6.59. The molecule has 124 valence electrons. The molecule has 0 bridgehead atoms. The normalized spacial score (nSPS) is 13.7. The van der Waals surface area contributed by atoms with Gasteiger partial charge in [-0.05, 0) is 12.1 Å². The number of nitrogens with zero attached hydrogens (tertiary/aromatic N) is 2. The first-order valence-electron chi connectivity index (χ1n) is 7.88. The van der Waals surface area contributed by atoms with Crippen molar-refractivity contribution in [2.45, 2.75) is 0 Å². The quantitative estimate of drug-likeness (QED) is 0.709. The first-order valence-corrected chi connectivity index (χ1v) is 8.56. The molecule has 3 nitrogen and oxygen atoms in total. The van der Waals surface area contributed by atoms with Crippen molar-refractivity contribution in [3.63, 3.8) is 0 Å². The average molecular weight is 368 g/mol. The highest BCUT2D eigenvalue weighted by atomic mass is 35.5. The molecule has 0 radical (unpaired) electrons. The number of hydrazine groups is 1. The first-order chi connectivity index (χ1) is 12.3. The van der Waals surface area contributed by atoms with Crippen molar-refractivity contribution >= 4 is 40.8 Å². The summed E-state index contributed by atoms with van der Waals surface area (Å²) < 4.78 is 2.84. The number of rotatable bonds is 3. The summed E-state index contributed by atoms with van der Waals surface area (Å²) in [6, 6.07) is 27.9. The summed E-state index contributed by atoms with van der Waals surface area (Å²) in [7, 11) is 0. The molecule has 1 aliphatic rings. The van der Waals surface area contributed by atoms with Gasteiger partial charge in [-0.25, -0.2) is 0 Å². The molecule has 0 fully saturated rings. The lowest BCUT2D eigenvalue weighted by molar-refractivity contribution is 0.352. The Hall–Kier alpha value is -2.62. The topological polar surface area (TPSA) is 18.5 Å². The summed E-state index contributed by atoms with van der Waals surface area (Å²) in [5.41, 5.74) is 2.77. The van der Waals surface area contributed by atoms with Crippen molar-refractivity contribution in [2.24, 2.45) is 0 Å². The Bertz CT molecular complexity index is 1000. The molecule has 0 amide bonds. The number of para-hydroxylation sites is 1. The van der Waals surface area contributed by atoms with Gasteiger partial charge in [-0.2, -0.15) is 9.06 Å². The Morgan fingerprint density at radius 2 is 1.16 bits per heavy atom. The van der Waals surface area contributed by atoms with Gasteiger partial charge in [-0.15, -0.1) is 0 Å². The maximum absolute atomic E-state index is 6.59. The zero-order chi connectivity index (χ0) is 17.2. The van der Waals surface area contributed by atoms with Crippen molar-refractivity contribution in [3.05, 3.63) is 101 Å². The van der Waals surface area contributed by atoms with E-state index in [1.807, 2.05) is 84.9 Å². The van der Waals surface area contributed by atoms with Gasteiger partial charge < -0.3 is 5.32 Å². The van der Waals surface area contributed by atoms with Crippen LogP contribution in [0.15, 0.2) is 84.9 Å². The average Bonchev–Trinajstić information content (AvgIpc) is 2.67. The minimum atomic E-state index is 0.707. The minimum absolute atomic E-state index is 0.707. The molecular weight excluding hydrogens is 353 g/mol. The van der Waals surface area contributed by atoms with Gasteiger partial charge in [0.15, 0.2) is 5.82 Å². The van der Waals surface area contributed by atoms with Crippen LogP contribution in [0.5, 0.6) is 0 Å². The maximum Gasteiger partial charge on any atom is 0.152 e. The fourth-order valence-electron chi connectivity index (χ4n) is 2.90. The Kier molecular flexibility index (Phi) is 4.26. The second kappa shape index (κ2) is 6.71. The standard InChI is InChI=1S/C20H15Cl2N3/c21-24-19(15-9-3-1-4-10-15)17-13-7-8-14-18(17)20(25(24)22)23-16-11-5-2-6-12-16/h1-14,23H. The van der Waals surface area contributed by atoms with Gasteiger partial charge in [-0.3, -0.25) is 0 Å². The SMILES string of the molecule is ClN1C(Nc2ccccc2)=c2ccccc2=C(c2ccccc2)N1Cl. The van der Waals surface area contributed by atoms with Gasteiger partial charge in [-0.1, -0.05) is 72.8 Å². The van der Waals surface area contributed by atoms with E-state index in [9.17, 15) is 0 Å². The van der Waals surface area contributed by atoms with Crippen LogP contribution in [0.2, 0.25) is 0 Å². The van der Waals surface area contributed by atoms with Gasteiger partial charge in [0.1, 0.15) is 0 Å². The number of halogens is 2.